The maximum atomic E-state index is 12.9. The van der Waals surface area contributed by atoms with E-state index in [1.54, 1.807) is 6.92 Å². The quantitative estimate of drug-likeness (QED) is 0.473. The van der Waals surface area contributed by atoms with E-state index in [2.05, 4.69) is 21.8 Å². The lowest BCUT2D eigenvalue weighted by Gasteiger charge is -2.45. The Morgan fingerprint density at radius 1 is 1.21 bits per heavy atom. The van der Waals surface area contributed by atoms with Crippen LogP contribution in [-0.2, 0) is 17.8 Å². The number of ether oxygens (including phenoxy) is 2. The fourth-order valence-electron chi connectivity index (χ4n) is 6.01. The number of nitriles is 1. The number of aliphatic carboxylic acids is 1. The van der Waals surface area contributed by atoms with Crippen LogP contribution in [0.4, 0.5) is 13.2 Å². The van der Waals surface area contributed by atoms with Crippen molar-refractivity contribution in [2.75, 3.05) is 13.1 Å². The first-order valence-corrected chi connectivity index (χ1v) is 13.1. The van der Waals surface area contributed by atoms with Crippen molar-refractivity contribution in [2.24, 2.45) is 11.8 Å². The number of benzene rings is 2. The minimum Gasteiger partial charge on any atom is -0.487 e. The molecule has 1 N–H and O–H groups in total. The molecular formula is C29H31F3N2O4. The zero-order valence-electron chi connectivity index (χ0n) is 21.3. The molecule has 1 saturated carbocycles. The lowest BCUT2D eigenvalue weighted by atomic mass is 9.80. The van der Waals surface area contributed by atoms with Crippen molar-refractivity contribution < 1.29 is 32.5 Å². The molecule has 0 bridgehead atoms. The zero-order valence-corrected chi connectivity index (χ0v) is 21.3. The lowest BCUT2D eigenvalue weighted by molar-refractivity contribution is -0.275. The SMILES string of the molecule is CC(C(=O)O)C(c1ccc2c(c1)OC1(CC2)CCN(Cc2cc(C#N)ccc2OC(F)(F)F)CC1)C1CC1. The lowest BCUT2D eigenvalue weighted by Crippen LogP contribution is -2.49. The molecule has 38 heavy (non-hydrogen) atoms. The van der Waals surface area contributed by atoms with Gasteiger partial charge < -0.3 is 14.6 Å². The summed E-state index contributed by atoms with van der Waals surface area (Å²) in [5.74, 6) is -0.342. The van der Waals surface area contributed by atoms with Crippen LogP contribution >= 0.6 is 0 Å². The molecular weight excluding hydrogens is 497 g/mol. The first kappa shape index (κ1) is 26.4. The first-order valence-electron chi connectivity index (χ1n) is 13.1. The molecule has 0 radical (unpaired) electrons. The molecule has 2 fully saturated rings. The summed E-state index contributed by atoms with van der Waals surface area (Å²) in [7, 11) is 0. The molecule has 2 heterocycles. The van der Waals surface area contributed by atoms with Gasteiger partial charge in [-0.2, -0.15) is 5.26 Å². The number of carboxylic acids is 1. The summed E-state index contributed by atoms with van der Waals surface area (Å²) >= 11 is 0. The Labute approximate surface area is 220 Å². The standard InChI is InChI=1S/C29H31F3N2O4/c1-18(27(35)36)26(21-4-5-21)22-6-3-20-8-9-28(37-25(20)15-22)10-12-34(13-11-28)17-23-14-19(16-33)2-7-24(23)38-29(30,31)32/h2-3,6-7,14-15,18,21,26H,4-5,8-13,17H2,1H3,(H,35,36). The van der Waals surface area contributed by atoms with E-state index in [9.17, 15) is 28.3 Å². The molecule has 2 atom stereocenters. The largest absolute Gasteiger partial charge is 0.573 e. The molecule has 5 rings (SSSR count). The Morgan fingerprint density at radius 3 is 2.58 bits per heavy atom. The molecule has 0 aromatic heterocycles. The Balaban J connectivity index is 1.28. The summed E-state index contributed by atoms with van der Waals surface area (Å²) in [4.78, 5) is 13.8. The molecule has 202 valence electrons. The van der Waals surface area contributed by atoms with Gasteiger partial charge in [0.1, 0.15) is 17.1 Å². The molecule has 1 saturated heterocycles. The Bertz CT molecular complexity index is 1240. The topological polar surface area (TPSA) is 82.8 Å². The van der Waals surface area contributed by atoms with E-state index in [4.69, 9.17) is 4.74 Å². The third-order valence-corrected chi connectivity index (χ3v) is 8.29. The van der Waals surface area contributed by atoms with Crippen molar-refractivity contribution in [1.82, 2.24) is 4.90 Å². The second-order valence-electron chi connectivity index (χ2n) is 10.9. The Morgan fingerprint density at radius 2 is 1.95 bits per heavy atom. The predicted molar refractivity (Wildman–Crippen MR) is 133 cm³/mol. The van der Waals surface area contributed by atoms with Gasteiger partial charge >= 0.3 is 12.3 Å². The highest BCUT2D eigenvalue weighted by Gasteiger charge is 2.42. The van der Waals surface area contributed by atoms with Crippen LogP contribution in [0.25, 0.3) is 0 Å². The molecule has 6 nitrogen and oxygen atoms in total. The number of carboxylic acid groups (broad SMARTS) is 1. The number of hydrogen-bond acceptors (Lipinski definition) is 5. The fraction of sp³-hybridized carbons (Fsp3) is 0.517. The van der Waals surface area contributed by atoms with Gasteiger partial charge in [-0.3, -0.25) is 9.69 Å². The average Bonchev–Trinajstić information content (AvgIpc) is 3.71. The summed E-state index contributed by atoms with van der Waals surface area (Å²) < 4.78 is 49.5. The van der Waals surface area contributed by atoms with Gasteiger partial charge in [0.2, 0.25) is 0 Å². The van der Waals surface area contributed by atoms with Crippen LogP contribution in [-0.4, -0.2) is 41.0 Å². The van der Waals surface area contributed by atoms with Gasteiger partial charge in [0.15, 0.2) is 0 Å². The van der Waals surface area contributed by atoms with E-state index in [0.717, 1.165) is 55.4 Å². The normalized spacial score (nSPS) is 20.6. The van der Waals surface area contributed by atoms with E-state index in [-0.39, 0.29) is 29.4 Å². The van der Waals surface area contributed by atoms with Gasteiger partial charge in [-0.25, -0.2) is 0 Å². The number of alkyl halides is 3. The molecule has 2 unspecified atom stereocenters. The molecule has 3 aliphatic rings. The number of nitrogens with zero attached hydrogens (tertiary/aromatic N) is 2. The van der Waals surface area contributed by atoms with Crippen molar-refractivity contribution in [3.05, 3.63) is 58.7 Å². The Kier molecular flexibility index (Phi) is 7.03. The first-order chi connectivity index (χ1) is 18.1. The molecule has 2 aromatic rings. The number of halogens is 3. The number of carbonyl (C=O) groups is 1. The van der Waals surface area contributed by atoms with Crippen LogP contribution in [0.3, 0.4) is 0 Å². The highest BCUT2D eigenvalue weighted by atomic mass is 19.4. The monoisotopic (exact) mass is 528 g/mol. The molecule has 2 aromatic carbocycles. The van der Waals surface area contributed by atoms with Crippen molar-refractivity contribution in [3.63, 3.8) is 0 Å². The molecule has 2 aliphatic heterocycles. The van der Waals surface area contributed by atoms with Crippen LogP contribution in [0.1, 0.15) is 67.2 Å². The van der Waals surface area contributed by atoms with Crippen LogP contribution in [0.2, 0.25) is 0 Å². The van der Waals surface area contributed by atoms with Crippen molar-refractivity contribution in [2.45, 2.75) is 69.9 Å². The number of aryl methyl sites for hydroxylation is 1. The van der Waals surface area contributed by atoms with Crippen molar-refractivity contribution in [3.8, 4) is 17.6 Å². The van der Waals surface area contributed by atoms with Crippen LogP contribution in [0.5, 0.6) is 11.5 Å². The Hall–Kier alpha value is -3.25. The minimum absolute atomic E-state index is 0.0292. The predicted octanol–water partition coefficient (Wildman–Crippen LogP) is 6.03. The summed E-state index contributed by atoms with van der Waals surface area (Å²) in [6.07, 6.45) is 0.463. The molecule has 1 aliphatic carbocycles. The summed E-state index contributed by atoms with van der Waals surface area (Å²) in [6, 6.07) is 12.1. The number of likely N-dealkylation sites (tertiary alicyclic amines) is 1. The van der Waals surface area contributed by atoms with Crippen molar-refractivity contribution >= 4 is 5.97 Å². The van der Waals surface area contributed by atoms with Gasteiger partial charge in [-0.05, 0) is 85.8 Å². The van der Waals surface area contributed by atoms with Crippen LogP contribution in [0.15, 0.2) is 36.4 Å². The van der Waals surface area contributed by atoms with E-state index >= 15 is 0 Å². The number of rotatable bonds is 7. The summed E-state index contributed by atoms with van der Waals surface area (Å²) in [5, 5.41) is 18.9. The second kappa shape index (κ2) is 10.1. The van der Waals surface area contributed by atoms with Crippen molar-refractivity contribution in [1.29, 1.82) is 5.26 Å². The van der Waals surface area contributed by atoms with Crippen LogP contribution in [0, 0.1) is 23.2 Å². The average molecular weight is 529 g/mol. The van der Waals surface area contributed by atoms with Crippen LogP contribution < -0.4 is 9.47 Å². The summed E-state index contributed by atoms with van der Waals surface area (Å²) in [5.41, 5.74) is 2.41. The minimum atomic E-state index is -4.81. The highest BCUT2D eigenvalue weighted by Crippen LogP contribution is 2.49. The van der Waals surface area contributed by atoms with Gasteiger partial charge in [-0.1, -0.05) is 19.1 Å². The molecule has 9 heteroatoms. The van der Waals surface area contributed by atoms with Gasteiger partial charge in [0, 0.05) is 25.2 Å². The van der Waals surface area contributed by atoms with Gasteiger partial charge in [-0.15, -0.1) is 13.2 Å². The molecule has 1 spiro atoms. The van der Waals surface area contributed by atoms with E-state index in [0.29, 0.717) is 24.6 Å². The zero-order chi connectivity index (χ0) is 27.1. The van der Waals surface area contributed by atoms with E-state index < -0.39 is 18.2 Å². The maximum Gasteiger partial charge on any atom is 0.573 e. The van der Waals surface area contributed by atoms with E-state index in [1.807, 2.05) is 12.1 Å². The fourth-order valence-corrected chi connectivity index (χ4v) is 6.01. The summed E-state index contributed by atoms with van der Waals surface area (Å²) in [6.45, 7) is 3.30. The maximum absolute atomic E-state index is 12.9. The third kappa shape index (κ3) is 5.75. The number of piperidine rings is 1. The van der Waals surface area contributed by atoms with E-state index in [1.165, 1.54) is 18.2 Å². The third-order valence-electron chi connectivity index (χ3n) is 8.29. The van der Waals surface area contributed by atoms with Gasteiger partial charge in [0.05, 0.1) is 17.6 Å². The highest BCUT2D eigenvalue weighted by molar-refractivity contribution is 5.71. The second-order valence-corrected chi connectivity index (χ2v) is 10.9. The number of hydrogen-bond donors (Lipinski definition) is 1. The molecule has 0 amide bonds. The smallest absolute Gasteiger partial charge is 0.487 e. The number of fused-ring (bicyclic) bond motifs is 1. The van der Waals surface area contributed by atoms with Gasteiger partial charge in [0.25, 0.3) is 0 Å².